The van der Waals surface area contributed by atoms with E-state index in [0.717, 1.165) is 83.5 Å². The van der Waals surface area contributed by atoms with Crippen molar-refractivity contribution in [1.29, 1.82) is 0 Å². The number of amides is 1. The van der Waals surface area contributed by atoms with Gasteiger partial charge in [-0.25, -0.2) is 0 Å². The van der Waals surface area contributed by atoms with E-state index >= 15 is 0 Å². The second kappa shape index (κ2) is 51.7. The van der Waals surface area contributed by atoms with E-state index in [4.69, 9.17) is 14.2 Å². The number of esters is 1. The summed E-state index contributed by atoms with van der Waals surface area (Å²) in [6, 6.07) is -0.834. The van der Waals surface area contributed by atoms with Gasteiger partial charge in [-0.1, -0.05) is 229 Å². The van der Waals surface area contributed by atoms with Gasteiger partial charge < -0.3 is 45.1 Å². The molecule has 0 aliphatic carbocycles. The number of aliphatic hydroxyl groups excluding tert-OH is 5. The Bertz CT molecular complexity index is 1350. The average molecular weight is 1030 g/mol. The van der Waals surface area contributed by atoms with Crippen LogP contribution in [0.2, 0.25) is 0 Å². The molecule has 11 nitrogen and oxygen atoms in total. The Kier molecular flexibility index (Phi) is 48.6. The average Bonchev–Trinajstić information content (AvgIpc) is 3.39. The molecule has 1 heterocycles. The van der Waals surface area contributed by atoms with Crippen molar-refractivity contribution in [3.8, 4) is 0 Å². The summed E-state index contributed by atoms with van der Waals surface area (Å²) in [7, 11) is 0. The van der Waals surface area contributed by atoms with E-state index in [1.807, 2.05) is 6.08 Å². The fraction of sp³-hybridized carbons (Fsp3) is 0.839. The predicted octanol–water partition coefficient (Wildman–Crippen LogP) is 14.1. The van der Waals surface area contributed by atoms with Gasteiger partial charge in [0, 0.05) is 12.8 Å². The molecule has 0 saturated carbocycles. The highest BCUT2D eigenvalue weighted by Crippen LogP contribution is 2.23. The third-order valence-electron chi connectivity index (χ3n) is 14.2. The number of aliphatic hydroxyl groups is 5. The van der Waals surface area contributed by atoms with Crippen LogP contribution in [0.25, 0.3) is 0 Å². The zero-order chi connectivity index (χ0) is 53.1. The third-order valence-corrected chi connectivity index (χ3v) is 14.2. The van der Waals surface area contributed by atoms with E-state index in [2.05, 4.69) is 55.6 Å². The fourth-order valence-corrected chi connectivity index (χ4v) is 9.30. The van der Waals surface area contributed by atoms with Gasteiger partial charge in [0.15, 0.2) is 6.29 Å². The Morgan fingerprint density at radius 2 is 0.932 bits per heavy atom. The van der Waals surface area contributed by atoms with Gasteiger partial charge in [0.25, 0.3) is 0 Å². The number of nitrogens with one attached hydrogen (secondary N) is 1. The zero-order valence-electron chi connectivity index (χ0n) is 46.8. The lowest BCUT2D eigenvalue weighted by molar-refractivity contribution is -0.302. The number of hydrogen-bond acceptors (Lipinski definition) is 10. The van der Waals surface area contributed by atoms with Crippen LogP contribution in [-0.4, -0.2) is 100 Å². The van der Waals surface area contributed by atoms with Crippen molar-refractivity contribution < 1.29 is 49.3 Å². The van der Waals surface area contributed by atoms with Crippen LogP contribution >= 0.6 is 0 Å². The van der Waals surface area contributed by atoms with Gasteiger partial charge in [0.2, 0.25) is 5.91 Å². The van der Waals surface area contributed by atoms with Crippen LogP contribution in [0.3, 0.4) is 0 Å². The summed E-state index contributed by atoms with van der Waals surface area (Å²) < 4.78 is 16.7. The Balaban J connectivity index is 2.03. The molecule has 1 saturated heterocycles. The van der Waals surface area contributed by atoms with Crippen LogP contribution in [0.4, 0.5) is 0 Å². The smallest absolute Gasteiger partial charge is 0.305 e. The largest absolute Gasteiger partial charge is 0.466 e. The van der Waals surface area contributed by atoms with Crippen LogP contribution < -0.4 is 5.32 Å². The zero-order valence-corrected chi connectivity index (χ0v) is 46.8. The number of carbonyl (C=O) groups excluding carboxylic acids is 2. The molecule has 7 atom stereocenters. The Morgan fingerprint density at radius 3 is 1.47 bits per heavy atom. The molecule has 0 radical (unpaired) electrons. The van der Waals surface area contributed by atoms with Crippen molar-refractivity contribution in [1.82, 2.24) is 5.32 Å². The van der Waals surface area contributed by atoms with Crippen LogP contribution in [0.15, 0.2) is 48.6 Å². The Labute approximate surface area is 446 Å². The normalized spacial score (nSPS) is 19.2. The predicted molar refractivity (Wildman–Crippen MR) is 301 cm³/mol. The number of allylic oxidation sites excluding steroid dienone is 7. The van der Waals surface area contributed by atoms with Gasteiger partial charge in [-0.2, -0.15) is 0 Å². The third kappa shape index (κ3) is 41.5. The number of unbranched alkanes of at least 4 members (excludes halogenated alkanes) is 32. The molecule has 0 aromatic carbocycles. The SMILES string of the molecule is CCCCC/C=C/CC/C=C/C(O)C(COC1OC(CO)C(O)C(O)C1O)NC(=O)CCCCCCCCC/C=C\C/C=C\CCCCCCCCCCCOC(=O)CCCCCCCCCCCCCCC. The molecular formula is C62H113NO10. The molecule has 426 valence electrons. The van der Waals surface area contributed by atoms with E-state index in [1.54, 1.807) is 6.08 Å². The summed E-state index contributed by atoms with van der Waals surface area (Å²) in [5, 5.41) is 54.1. The highest BCUT2D eigenvalue weighted by atomic mass is 16.7. The minimum Gasteiger partial charge on any atom is -0.466 e. The topological polar surface area (TPSA) is 175 Å². The van der Waals surface area contributed by atoms with Crippen molar-refractivity contribution in [3.63, 3.8) is 0 Å². The van der Waals surface area contributed by atoms with Crippen LogP contribution in [0.5, 0.6) is 0 Å². The molecular weight excluding hydrogens is 919 g/mol. The first-order chi connectivity index (χ1) is 35.7. The second-order valence-electron chi connectivity index (χ2n) is 21.0. The monoisotopic (exact) mass is 1030 g/mol. The second-order valence-corrected chi connectivity index (χ2v) is 21.0. The number of carbonyl (C=O) groups is 2. The minimum atomic E-state index is -1.58. The molecule has 1 aliphatic heterocycles. The molecule has 1 amide bonds. The van der Waals surface area contributed by atoms with E-state index in [1.165, 1.54) is 161 Å². The summed E-state index contributed by atoms with van der Waals surface area (Å²) in [6.45, 7) is 4.26. The van der Waals surface area contributed by atoms with Gasteiger partial charge in [-0.05, 0) is 77.0 Å². The highest BCUT2D eigenvalue weighted by Gasteiger charge is 2.44. The summed E-state index contributed by atoms with van der Waals surface area (Å²) in [5.41, 5.74) is 0. The maximum atomic E-state index is 13.0. The lowest BCUT2D eigenvalue weighted by atomic mass is 9.99. The molecule has 6 N–H and O–H groups in total. The Hall–Kier alpha value is -2.38. The van der Waals surface area contributed by atoms with Crippen LogP contribution in [0, 0.1) is 0 Å². The maximum Gasteiger partial charge on any atom is 0.305 e. The Morgan fingerprint density at radius 1 is 0.507 bits per heavy atom. The van der Waals surface area contributed by atoms with E-state index in [0.29, 0.717) is 19.4 Å². The molecule has 1 rings (SSSR count). The van der Waals surface area contributed by atoms with Crippen molar-refractivity contribution in [2.45, 2.75) is 314 Å². The summed E-state index contributed by atoms with van der Waals surface area (Å²) in [4.78, 5) is 25.0. The lowest BCUT2D eigenvalue weighted by Gasteiger charge is -2.40. The molecule has 7 unspecified atom stereocenters. The van der Waals surface area contributed by atoms with Crippen LogP contribution in [-0.2, 0) is 23.8 Å². The molecule has 0 aromatic heterocycles. The molecule has 73 heavy (non-hydrogen) atoms. The highest BCUT2D eigenvalue weighted by molar-refractivity contribution is 5.76. The van der Waals surface area contributed by atoms with E-state index < -0.39 is 49.5 Å². The van der Waals surface area contributed by atoms with Gasteiger partial charge in [-0.15, -0.1) is 0 Å². The first kappa shape index (κ1) is 68.6. The lowest BCUT2D eigenvalue weighted by Crippen LogP contribution is -2.60. The molecule has 11 heteroatoms. The summed E-state index contributed by atoms with van der Waals surface area (Å²) in [5.74, 6) is -0.210. The molecule has 1 aliphatic rings. The summed E-state index contributed by atoms with van der Waals surface area (Å²) in [6.07, 6.45) is 55.2. The van der Waals surface area contributed by atoms with Crippen molar-refractivity contribution in [3.05, 3.63) is 48.6 Å². The molecule has 0 bridgehead atoms. The van der Waals surface area contributed by atoms with Gasteiger partial charge in [0.05, 0.1) is 32.0 Å². The first-order valence-corrected chi connectivity index (χ1v) is 30.4. The van der Waals surface area contributed by atoms with Gasteiger partial charge in [-0.3, -0.25) is 9.59 Å². The first-order valence-electron chi connectivity index (χ1n) is 30.4. The van der Waals surface area contributed by atoms with E-state index in [-0.39, 0.29) is 18.5 Å². The molecule has 0 spiro atoms. The van der Waals surface area contributed by atoms with E-state index in [9.17, 15) is 35.1 Å². The maximum absolute atomic E-state index is 13.0. The van der Waals surface area contributed by atoms with Gasteiger partial charge >= 0.3 is 5.97 Å². The fourth-order valence-electron chi connectivity index (χ4n) is 9.30. The minimum absolute atomic E-state index is 0.00420. The molecule has 0 aromatic rings. The quantitative estimate of drug-likeness (QED) is 0.0195. The summed E-state index contributed by atoms with van der Waals surface area (Å²) >= 11 is 0. The van der Waals surface area contributed by atoms with Crippen molar-refractivity contribution >= 4 is 11.9 Å². The number of rotatable bonds is 52. The van der Waals surface area contributed by atoms with Crippen molar-refractivity contribution in [2.24, 2.45) is 0 Å². The molecule has 1 fully saturated rings. The van der Waals surface area contributed by atoms with Crippen LogP contribution in [0.1, 0.15) is 271 Å². The van der Waals surface area contributed by atoms with Crippen molar-refractivity contribution in [2.75, 3.05) is 19.8 Å². The standard InChI is InChI=1S/C62H113NO10/c1-3-5-7-9-11-13-14-26-30-34-38-42-46-50-58(67)71-51-47-43-39-35-31-28-25-23-21-19-17-15-16-18-20-22-24-27-29-33-37-41-45-49-57(66)63-54(55(65)48-44-40-36-32-12-10-8-6-4-2)53-72-62-61(70)60(69)59(68)56(52-64)73-62/h12,15,17-18,20,32,44,48,54-56,59-62,64-65,68-70H,3-11,13-14,16,19,21-31,33-43,45-47,49-53H2,1-2H3,(H,63,66)/b17-15-,20-18-,32-12+,48-44+. The number of hydrogen-bond donors (Lipinski definition) is 6. The van der Waals surface area contributed by atoms with Gasteiger partial charge in [0.1, 0.15) is 24.4 Å². The number of ether oxygens (including phenoxy) is 3.